The minimum atomic E-state index is 0.0827. The van der Waals surface area contributed by atoms with Crippen molar-refractivity contribution in [3.05, 3.63) is 71.3 Å². The highest BCUT2D eigenvalue weighted by Crippen LogP contribution is 2.35. The van der Waals surface area contributed by atoms with Crippen molar-refractivity contribution < 1.29 is 10.2 Å². The maximum atomic E-state index is 10.3. The van der Waals surface area contributed by atoms with Crippen LogP contribution >= 0.6 is 0 Å². The lowest BCUT2D eigenvalue weighted by molar-refractivity contribution is 0.447. The first-order valence-corrected chi connectivity index (χ1v) is 8.36. The highest BCUT2D eigenvalue weighted by molar-refractivity contribution is 5.72. The molecule has 0 fully saturated rings. The zero-order valence-corrected chi connectivity index (χ0v) is 14.7. The molecule has 0 unspecified atom stereocenters. The lowest BCUT2D eigenvalue weighted by Crippen LogP contribution is -1.91. The Bertz CT molecular complexity index is 736. The number of phenols is 2. The molecule has 0 amide bonds. The van der Waals surface area contributed by atoms with Crippen LogP contribution in [-0.2, 0) is 6.42 Å². The summed E-state index contributed by atoms with van der Waals surface area (Å²) in [4.78, 5) is 0. The van der Waals surface area contributed by atoms with Crippen LogP contribution in [0.2, 0.25) is 0 Å². The molecule has 0 spiro atoms. The highest BCUT2D eigenvalue weighted by Gasteiger charge is 2.11. The van der Waals surface area contributed by atoms with Gasteiger partial charge < -0.3 is 10.2 Å². The van der Waals surface area contributed by atoms with Gasteiger partial charge in [-0.25, -0.2) is 0 Å². The van der Waals surface area contributed by atoms with E-state index < -0.39 is 0 Å². The van der Waals surface area contributed by atoms with Gasteiger partial charge in [0, 0.05) is 11.6 Å². The lowest BCUT2D eigenvalue weighted by Gasteiger charge is -2.12. The van der Waals surface area contributed by atoms with Crippen LogP contribution in [0, 0.1) is 0 Å². The lowest BCUT2D eigenvalue weighted by atomic mass is 9.95. The SMILES string of the molecule is CC(C)=CCCC(C)=CCc1c(O)cc(O)cc1-c1ccccc1. The van der Waals surface area contributed by atoms with Gasteiger partial charge in [-0.05, 0) is 57.2 Å². The Morgan fingerprint density at radius 3 is 2.33 bits per heavy atom. The predicted molar refractivity (Wildman–Crippen MR) is 101 cm³/mol. The van der Waals surface area contributed by atoms with E-state index in [1.165, 1.54) is 17.2 Å². The van der Waals surface area contributed by atoms with Crippen molar-refractivity contribution >= 4 is 0 Å². The van der Waals surface area contributed by atoms with Gasteiger partial charge in [0.2, 0.25) is 0 Å². The van der Waals surface area contributed by atoms with Crippen molar-refractivity contribution in [2.24, 2.45) is 0 Å². The van der Waals surface area contributed by atoms with Crippen LogP contribution in [0.4, 0.5) is 0 Å². The van der Waals surface area contributed by atoms with Crippen molar-refractivity contribution in [1.29, 1.82) is 0 Å². The van der Waals surface area contributed by atoms with Gasteiger partial charge in [-0.1, -0.05) is 53.6 Å². The van der Waals surface area contributed by atoms with Crippen LogP contribution in [0.5, 0.6) is 11.5 Å². The van der Waals surface area contributed by atoms with E-state index in [9.17, 15) is 10.2 Å². The topological polar surface area (TPSA) is 40.5 Å². The van der Waals surface area contributed by atoms with Crippen molar-refractivity contribution in [1.82, 2.24) is 0 Å². The number of allylic oxidation sites excluding steroid dienone is 4. The molecule has 24 heavy (non-hydrogen) atoms. The number of phenolic OH excluding ortho intramolecular Hbond substituents is 2. The minimum Gasteiger partial charge on any atom is -0.508 e. The molecule has 0 aliphatic rings. The van der Waals surface area contributed by atoms with Crippen LogP contribution in [-0.4, -0.2) is 10.2 Å². The normalized spacial score (nSPS) is 11.4. The summed E-state index contributed by atoms with van der Waals surface area (Å²) in [7, 11) is 0. The average Bonchev–Trinajstić information content (AvgIpc) is 2.54. The highest BCUT2D eigenvalue weighted by atomic mass is 16.3. The van der Waals surface area contributed by atoms with Gasteiger partial charge in [0.1, 0.15) is 11.5 Å². The van der Waals surface area contributed by atoms with Gasteiger partial charge in [0.25, 0.3) is 0 Å². The molecule has 0 atom stereocenters. The number of hydrogen-bond donors (Lipinski definition) is 2. The van der Waals surface area contributed by atoms with Crippen molar-refractivity contribution in [2.75, 3.05) is 0 Å². The predicted octanol–water partition coefficient (Wildman–Crippen LogP) is 6.00. The molecule has 2 heteroatoms. The van der Waals surface area contributed by atoms with Crippen molar-refractivity contribution in [3.8, 4) is 22.6 Å². The zero-order valence-electron chi connectivity index (χ0n) is 14.7. The molecule has 0 aromatic heterocycles. The van der Waals surface area contributed by atoms with Gasteiger partial charge in [-0.3, -0.25) is 0 Å². The molecule has 0 saturated carbocycles. The molecule has 0 bridgehead atoms. The van der Waals surface area contributed by atoms with E-state index >= 15 is 0 Å². The molecule has 0 aliphatic heterocycles. The summed E-state index contributed by atoms with van der Waals surface area (Å²) < 4.78 is 0. The summed E-state index contributed by atoms with van der Waals surface area (Å²) in [5.41, 5.74) is 5.36. The van der Waals surface area contributed by atoms with Crippen LogP contribution in [0.15, 0.2) is 65.8 Å². The van der Waals surface area contributed by atoms with Gasteiger partial charge >= 0.3 is 0 Å². The molecule has 2 rings (SSSR count). The molecular weight excluding hydrogens is 296 g/mol. The van der Waals surface area contributed by atoms with E-state index in [0.29, 0.717) is 6.42 Å². The summed E-state index contributed by atoms with van der Waals surface area (Å²) >= 11 is 0. The van der Waals surface area contributed by atoms with E-state index in [4.69, 9.17) is 0 Å². The third kappa shape index (κ3) is 5.02. The molecule has 0 radical (unpaired) electrons. The first-order chi connectivity index (χ1) is 11.5. The van der Waals surface area contributed by atoms with Crippen LogP contribution in [0.1, 0.15) is 39.2 Å². The van der Waals surface area contributed by atoms with E-state index in [2.05, 4.69) is 32.9 Å². The Labute approximate surface area is 144 Å². The third-order valence-electron chi connectivity index (χ3n) is 4.04. The molecule has 2 N–H and O–H groups in total. The first-order valence-electron chi connectivity index (χ1n) is 8.36. The second-order valence-electron chi connectivity index (χ2n) is 6.43. The van der Waals surface area contributed by atoms with Crippen LogP contribution in [0.3, 0.4) is 0 Å². The Kier molecular flexibility index (Phi) is 6.25. The second kappa shape index (κ2) is 8.39. The molecule has 0 aliphatic carbocycles. The summed E-state index contributed by atoms with van der Waals surface area (Å²) in [6.45, 7) is 6.35. The quantitative estimate of drug-likeness (QED) is 0.640. The van der Waals surface area contributed by atoms with E-state index in [-0.39, 0.29) is 11.5 Å². The number of aromatic hydroxyl groups is 2. The van der Waals surface area contributed by atoms with E-state index in [1.54, 1.807) is 6.07 Å². The smallest absolute Gasteiger partial charge is 0.123 e. The van der Waals surface area contributed by atoms with E-state index in [1.807, 2.05) is 30.3 Å². The van der Waals surface area contributed by atoms with Crippen molar-refractivity contribution in [2.45, 2.75) is 40.0 Å². The van der Waals surface area contributed by atoms with Gasteiger partial charge in [0.05, 0.1) is 0 Å². The third-order valence-corrected chi connectivity index (χ3v) is 4.04. The summed E-state index contributed by atoms with van der Waals surface area (Å²) in [5.74, 6) is 0.224. The Balaban J connectivity index is 2.25. The summed E-state index contributed by atoms with van der Waals surface area (Å²) in [6, 6.07) is 13.0. The summed E-state index contributed by atoms with van der Waals surface area (Å²) in [6.07, 6.45) is 7.11. The average molecular weight is 322 g/mol. The largest absolute Gasteiger partial charge is 0.508 e. The Morgan fingerprint density at radius 1 is 0.958 bits per heavy atom. The molecule has 0 saturated heterocycles. The first kappa shape index (κ1) is 17.9. The Hall–Kier alpha value is -2.48. The Morgan fingerprint density at radius 2 is 1.67 bits per heavy atom. The van der Waals surface area contributed by atoms with Crippen molar-refractivity contribution in [3.63, 3.8) is 0 Å². The van der Waals surface area contributed by atoms with Crippen LogP contribution < -0.4 is 0 Å². The van der Waals surface area contributed by atoms with Gasteiger partial charge in [-0.2, -0.15) is 0 Å². The fourth-order valence-corrected chi connectivity index (χ4v) is 2.70. The molecule has 2 aromatic rings. The fraction of sp³-hybridized carbons (Fsp3) is 0.273. The molecule has 126 valence electrons. The maximum absolute atomic E-state index is 10.3. The maximum Gasteiger partial charge on any atom is 0.123 e. The van der Waals surface area contributed by atoms with Gasteiger partial charge in [0.15, 0.2) is 0 Å². The molecular formula is C22H26O2. The number of benzene rings is 2. The number of rotatable bonds is 6. The molecule has 2 aromatic carbocycles. The fourth-order valence-electron chi connectivity index (χ4n) is 2.70. The molecule has 2 nitrogen and oxygen atoms in total. The van der Waals surface area contributed by atoms with E-state index in [0.717, 1.165) is 29.5 Å². The van der Waals surface area contributed by atoms with Gasteiger partial charge in [-0.15, -0.1) is 0 Å². The molecule has 0 heterocycles. The zero-order chi connectivity index (χ0) is 17.5. The monoisotopic (exact) mass is 322 g/mol. The standard InChI is InChI=1S/C22H26O2/c1-16(2)8-7-9-17(3)12-13-20-21(14-19(23)15-22(20)24)18-10-5-4-6-11-18/h4-6,8,10-12,14-15,23-24H,7,9,13H2,1-3H3. The summed E-state index contributed by atoms with van der Waals surface area (Å²) in [5, 5.41) is 20.1. The van der Waals surface area contributed by atoms with Crippen LogP contribution in [0.25, 0.3) is 11.1 Å². The number of hydrogen-bond acceptors (Lipinski definition) is 2. The second-order valence-corrected chi connectivity index (χ2v) is 6.43. The minimum absolute atomic E-state index is 0.0827.